The van der Waals surface area contributed by atoms with Gasteiger partial charge in [0.25, 0.3) is 5.91 Å². The van der Waals surface area contributed by atoms with Crippen LogP contribution < -0.4 is 5.32 Å². The van der Waals surface area contributed by atoms with Crippen LogP contribution in [0.2, 0.25) is 0 Å². The van der Waals surface area contributed by atoms with E-state index in [0.29, 0.717) is 24.7 Å². The van der Waals surface area contributed by atoms with Gasteiger partial charge in [0.15, 0.2) is 5.76 Å². The summed E-state index contributed by atoms with van der Waals surface area (Å²) in [6.07, 6.45) is 1.57. The van der Waals surface area contributed by atoms with E-state index in [1.54, 1.807) is 26.2 Å². The van der Waals surface area contributed by atoms with Crippen LogP contribution in [-0.2, 0) is 11.3 Å². The Morgan fingerprint density at radius 2 is 2.20 bits per heavy atom. The van der Waals surface area contributed by atoms with Gasteiger partial charge in [-0.25, -0.2) is 0 Å². The van der Waals surface area contributed by atoms with Crippen molar-refractivity contribution in [2.45, 2.75) is 45.8 Å². The van der Waals surface area contributed by atoms with Crippen LogP contribution in [0.25, 0.3) is 0 Å². The average molecular weight is 283 g/mol. The van der Waals surface area contributed by atoms with Crippen molar-refractivity contribution in [3.8, 4) is 0 Å². The third-order valence-corrected chi connectivity index (χ3v) is 3.06. The fraction of sp³-hybridized carbons (Fsp3) is 0.667. The highest BCUT2D eigenvalue weighted by Crippen LogP contribution is 2.16. The largest absolute Gasteiger partial charge is 0.453 e. The molecule has 0 saturated heterocycles. The van der Waals surface area contributed by atoms with Crippen molar-refractivity contribution in [1.29, 1.82) is 0 Å². The van der Waals surface area contributed by atoms with E-state index in [2.05, 4.69) is 19.2 Å². The maximum atomic E-state index is 11.9. The number of furan rings is 1. The molecule has 1 amide bonds. The van der Waals surface area contributed by atoms with Gasteiger partial charge in [-0.05, 0) is 37.8 Å². The third kappa shape index (κ3) is 5.75. The van der Waals surface area contributed by atoms with Crippen LogP contribution in [0.1, 0.15) is 49.9 Å². The summed E-state index contributed by atoms with van der Waals surface area (Å²) in [7, 11) is 1.56. The molecule has 0 aromatic carbocycles. The standard InChI is InChI=1S/C15H25NO4/c1-11(2)7-8-15(3,18)10-16-14(17)13-6-5-12(20-13)9-19-4/h5-6,11,18H,7-10H2,1-4H3,(H,16,17). The normalized spacial score (nSPS) is 14.3. The third-order valence-electron chi connectivity index (χ3n) is 3.06. The summed E-state index contributed by atoms with van der Waals surface area (Å²) in [5.74, 6) is 1.04. The van der Waals surface area contributed by atoms with Gasteiger partial charge in [0.05, 0.1) is 5.60 Å². The van der Waals surface area contributed by atoms with Gasteiger partial charge in [-0.3, -0.25) is 4.79 Å². The summed E-state index contributed by atoms with van der Waals surface area (Å²) in [4.78, 5) is 11.9. The molecule has 5 nitrogen and oxygen atoms in total. The molecule has 0 aliphatic heterocycles. The molecule has 2 N–H and O–H groups in total. The number of amides is 1. The Hall–Kier alpha value is -1.33. The van der Waals surface area contributed by atoms with Gasteiger partial charge in [0.1, 0.15) is 12.4 Å². The second kappa shape index (κ2) is 7.45. The number of carbonyl (C=O) groups excluding carboxylic acids is 1. The van der Waals surface area contributed by atoms with Crippen LogP contribution in [0.15, 0.2) is 16.5 Å². The zero-order valence-corrected chi connectivity index (χ0v) is 12.7. The molecule has 0 aliphatic carbocycles. The maximum Gasteiger partial charge on any atom is 0.287 e. The van der Waals surface area contributed by atoms with Crippen LogP contribution in [0, 0.1) is 5.92 Å². The van der Waals surface area contributed by atoms with Crippen molar-refractivity contribution in [2.75, 3.05) is 13.7 Å². The molecule has 0 bridgehead atoms. The number of hydrogen-bond donors (Lipinski definition) is 2. The van der Waals surface area contributed by atoms with E-state index in [-0.39, 0.29) is 18.2 Å². The Morgan fingerprint density at radius 1 is 1.50 bits per heavy atom. The molecule has 20 heavy (non-hydrogen) atoms. The summed E-state index contributed by atoms with van der Waals surface area (Å²) in [5, 5.41) is 12.9. The molecule has 114 valence electrons. The van der Waals surface area contributed by atoms with Crippen molar-refractivity contribution >= 4 is 5.91 Å². The van der Waals surface area contributed by atoms with E-state index < -0.39 is 5.60 Å². The smallest absolute Gasteiger partial charge is 0.287 e. The lowest BCUT2D eigenvalue weighted by Gasteiger charge is -2.24. The van der Waals surface area contributed by atoms with Crippen LogP contribution in [-0.4, -0.2) is 30.3 Å². The highest BCUT2D eigenvalue weighted by Gasteiger charge is 2.22. The van der Waals surface area contributed by atoms with Gasteiger partial charge < -0.3 is 19.6 Å². The second-order valence-electron chi connectivity index (χ2n) is 5.81. The molecule has 1 heterocycles. The van der Waals surface area contributed by atoms with E-state index in [9.17, 15) is 9.90 Å². The molecule has 1 aromatic rings. The van der Waals surface area contributed by atoms with E-state index >= 15 is 0 Å². The predicted molar refractivity (Wildman–Crippen MR) is 76.5 cm³/mol. The monoisotopic (exact) mass is 283 g/mol. The Bertz CT molecular complexity index is 423. The predicted octanol–water partition coefficient (Wildman–Crippen LogP) is 2.34. The molecule has 0 spiro atoms. The first-order valence-electron chi connectivity index (χ1n) is 6.92. The molecule has 0 radical (unpaired) electrons. The number of methoxy groups -OCH3 is 1. The molecular weight excluding hydrogens is 258 g/mol. The van der Waals surface area contributed by atoms with Gasteiger partial charge in [-0.2, -0.15) is 0 Å². The van der Waals surface area contributed by atoms with E-state index in [1.165, 1.54) is 0 Å². The highest BCUT2D eigenvalue weighted by molar-refractivity contribution is 5.91. The molecule has 5 heteroatoms. The number of aliphatic hydroxyl groups is 1. The zero-order valence-electron chi connectivity index (χ0n) is 12.7. The SMILES string of the molecule is COCc1ccc(C(=O)NCC(C)(O)CCC(C)C)o1. The van der Waals surface area contributed by atoms with Crippen LogP contribution in [0.3, 0.4) is 0 Å². The number of hydrogen-bond acceptors (Lipinski definition) is 4. The Kier molecular flexibility index (Phi) is 6.23. The van der Waals surface area contributed by atoms with Crippen LogP contribution in [0.5, 0.6) is 0 Å². The van der Waals surface area contributed by atoms with Gasteiger partial charge in [-0.1, -0.05) is 13.8 Å². The minimum Gasteiger partial charge on any atom is -0.453 e. The topological polar surface area (TPSA) is 71.7 Å². The molecule has 0 saturated carbocycles. The lowest BCUT2D eigenvalue weighted by atomic mass is 9.95. The molecular formula is C15H25NO4. The van der Waals surface area contributed by atoms with Crippen molar-refractivity contribution in [1.82, 2.24) is 5.32 Å². The highest BCUT2D eigenvalue weighted by atomic mass is 16.5. The molecule has 1 aromatic heterocycles. The molecule has 1 rings (SSSR count). The lowest BCUT2D eigenvalue weighted by Crippen LogP contribution is -2.40. The molecule has 0 aliphatic rings. The first-order chi connectivity index (χ1) is 9.34. The first-order valence-corrected chi connectivity index (χ1v) is 6.92. The summed E-state index contributed by atoms with van der Waals surface area (Å²) >= 11 is 0. The summed E-state index contributed by atoms with van der Waals surface area (Å²) in [6, 6.07) is 3.31. The number of nitrogens with one attached hydrogen (secondary N) is 1. The summed E-state index contributed by atoms with van der Waals surface area (Å²) in [5.41, 5.74) is -0.901. The van der Waals surface area contributed by atoms with E-state index in [1.807, 2.05) is 0 Å². The minimum absolute atomic E-state index is 0.207. The Balaban J connectivity index is 2.45. The fourth-order valence-electron chi connectivity index (χ4n) is 1.77. The maximum absolute atomic E-state index is 11.9. The number of rotatable bonds is 8. The van der Waals surface area contributed by atoms with Gasteiger partial charge in [0, 0.05) is 13.7 Å². The van der Waals surface area contributed by atoms with Crippen molar-refractivity contribution in [2.24, 2.45) is 5.92 Å². The Morgan fingerprint density at radius 3 is 2.80 bits per heavy atom. The quantitative estimate of drug-likeness (QED) is 0.768. The zero-order chi connectivity index (χ0) is 15.2. The Labute approximate surface area is 120 Å². The van der Waals surface area contributed by atoms with E-state index in [4.69, 9.17) is 9.15 Å². The molecule has 1 atom stereocenters. The van der Waals surface area contributed by atoms with Crippen molar-refractivity contribution in [3.63, 3.8) is 0 Å². The van der Waals surface area contributed by atoms with Crippen LogP contribution in [0.4, 0.5) is 0 Å². The minimum atomic E-state index is -0.901. The molecule has 0 fully saturated rings. The van der Waals surface area contributed by atoms with Gasteiger partial charge >= 0.3 is 0 Å². The summed E-state index contributed by atoms with van der Waals surface area (Å²) in [6.45, 7) is 6.48. The summed E-state index contributed by atoms with van der Waals surface area (Å²) < 4.78 is 10.3. The fourth-order valence-corrected chi connectivity index (χ4v) is 1.77. The lowest BCUT2D eigenvalue weighted by molar-refractivity contribution is 0.0423. The van der Waals surface area contributed by atoms with E-state index in [0.717, 1.165) is 6.42 Å². The second-order valence-corrected chi connectivity index (χ2v) is 5.81. The van der Waals surface area contributed by atoms with Gasteiger partial charge in [0.2, 0.25) is 0 Å². The van der Waals surface area contributed by atoms with Crippen molar-refractivity contribution < 1.29 is 19.1 Å². The molecule has 1 unspecified atom stereocenters. The number of carbonyl (C=O) groups is 1. The van der Waals surface area contributed by atoms with Crippen LogP contribution >= 0.6 is 0 Å². The van der Waals surface area contributed by atoms with Gasteiger partial charge in [-0.15, -0.1) is 0 Å². The van der Waals surface area contributed by atoms with Crippen molar-refractivity contribution in [3.05, 3.63) is 23.7 Å². The first kappa shape index (κ1) is 16.7. The average Bonchev–Trinajstić information content (AvgIpc) is 2.83. The number of ether oxygens (including phenoxy) is 1.